The summed E-state index contributed by atoms with van der Waals surface area (Å²) in [5.74, 6) is 1.59. The molecule has 0 bridgehead atoms. The zero-order valence-electron chi connectivity index (χ0n) is 10.7. The quantitative estimate of drug-likeness (QED) is 0.777. The second-order valence-corrected chi connectivity index (χ2v) is 4.26. The third kappa shape index (κ3) is 2.38. The maximum Gasteiger partial charge on any atom is 0.182 e. The lowest BCUT2D eigenvalue weighted by molar-refractivity contribution is 0.946. The van der Waals surface area contributed by atoms with Crippen LogP contribution in [0.5, 0.6) is 0 Å². The molecule has 2 aromatic heterocycles. The molecule has 0 aliphatic heterocycles. The molecule has 2 heterocycles. The number of H-pyrrole nitrogens is 1. The minimum Gasteiger partial charge on any atom is -0.263 e. The first-order valence-corrected chi connectivity index (χ1v) is 6.30. The Balaban J connectivity index is 1.90. The summed E-state index contributed by atoms with van der Waals surface area (Å²) in [6.45, 7) is 2.04. The Kier molecular flexibility index (Phi) is 3.06. The average molecular weight is 250 g/mol. The molecule has 0 atom stereocenters. The molecule has 4 heteroatoms. The van der Waals surface area contributed by atoms with Gasteiger partial charge in [0.15, 0.2) is 5.82 Å². The molecule has 94 valence electrons. The zero-order valence-corrected chi connectivity index (χ0v) is 10.7. The van der Waals surface area contributed by atoms with Crippen molar-refractivity contribution >= 4 is 0 Å². The number of hydrogen-bond acceptors (Lipinski definition) is 3. The molecule has 4 nitrogen and oxygen atoms in total. The smallest absolute Gasteiger partial charge is 0.182 e. The van der Waals surface area contributed by atoms with Gasteiger partial charge in [0.2, 0.25) is 0 Å². The van der Waals surface area contributed by atoms with Crippen molar-refractivity contribution in [3.8, 4) is 22.6 Å². The number of aromatic amines is 1. The molecule has 1 N–H and O–H groups in total. The monoisotopic (exact) mass is 250 g/mol. The van der Waals surface area contributed by atoms with Crippen molar-refractivity contribution in [3.05, 3.63) is 54.5 Å². The molecule has 0 unspecified atom stereocenters. The summed E-state index contributed by atoms with van der Waals surface area (Å²) in [5.41, 5.74) is 2.99. The van der Waals surface area contributed by atoms with E-state index in [1.54, 1.807) is 0 Å². The van der Waals surface area contributed by atoms with Crippen LogP contribution in [0.3, 0.4) is 0 Å². The number of rotatable bonds is 3. The van der Waals surface area contributed by atoms with Crippen molar-refractivity contribution in [2.45, 2.75) is 13.3 Å². The van der Waals surface area contributed by atoms with E-state index >= 15 is 0 Å². The lowest BCUT2D eigenvalue weighted by atomic mass is 10.1. The number of benzene rings is 1. The Labute approximate surface area is 111 Å². The summed E-state index contributed by atoms with van der Waals surface area (Å²) in [6, 6.07) is 14.1. The van der Waals surface area contributed by atoms with Crippen LogP contribution < -0.4 is 0 Å². The molecule has 19 heavy (non-hydrogen) atoms. The fraction of sp³-hybridized carbons (Fsp3) is 0.133. The largest absolute Gasteiger partial charge is 0.263 e. The van der Waals surface area contributed by atoms with E-state index in [-0.39, 0.29) is 0 Å². The fourth-order valence-electron chi connectivity index (χ4n) is 1.89. The van der Waals surface area contributed by atoms with Gasteiger partial charge in [0.05, 0.1) is 5.69 Å². The van der Waals surface area contributed by atoms with Gasteiger partial charge in [0.1, 0.15) is 5.82 Å². The SMILES string of the molecule is CCc1nc(-c2ccc(-c3ccccc3)nc2)n[nH]1. The van der Waals surface area contributed by atoms with E-state index < -0.39 is 0 Å². The predicted octanol–water partition coefficient (Wildman–Crippen LogP) is 3.10. The summed E-state index contributed by atoms with van der Waals surface area (Å²) in [4.78, 5) is 8.86. The standard InChI is InChI=1S/C15H14N4/c1-2-14-17-15(19-18-14)12-8-9-13(16-10-12)11-6-4-3-5-7-11/h3-10H,2H2,1H3,(H,17,18,19). The summed E-state index contributed by atoms with van der Waals surface area (Å²) in [5, 5.41) is 7.09. The lowest BCUT2D eigenvalue weighted by Crippen LogP contribution is -1.86. The molecule has 0 saturated heterocycles. The number of aromatic nitrogens is 4. The highest BCUT2D eigenvalue weighted by molar-refractivity contribution is 5.62. The van der Waals surface area contributed by atoms with E-state index in [1.807, 2.05) is 55.6 Å². The van der Waals surface area contributed by atoms with Gasteiger partial charge in [-0.25, -0.2) is 4.98 Å². The van der Waals surface area contributed by atoms with Gasteiger partial charge >= 0.3 is 0 Å². The Bertz CT molecular complexity index is 656. The summed E-state index contributed by atoms with van der Waals surface area (Å²) in [6.07, 6.45) is 2.66. The molecule has 0 amide bonds. The highest BCUT2D eigenvalue weighted by Crippen LogP contribution is 2.19. The van der Waals surface area contributed by atoms with E-state index in [0.29, 0.717) is 5.82 Å². The number of nitrogens with zero attached hydrogens (tertiary/aromatic N) is 3. The van der Waals surface area contributed by atoms with Crippen LogP contribution in [0.15, 0.2) is 48.7 Å². The van der Waals surface area contributed by atoms with Crippen molar-refractivity contribution < 1.29 is 0 Å². The van der Waals surface area contributed by atoms with Gasteiger partial charge in [-0.1, -0.05) is 37.3 Å². The minimum absolute atomic E-state index is 0.698. The van der Waals surface area contributed by atoms with Crippen molar-refractivity contribution in [1.82, 2.24) is 20.2 Å². The summed E-state index contributed by atoms with van der Waals surface area (Å²) in [7, 11) is 0. The van der Waals surface area contributed by atoms with Crippen LogP contribution in [0.2, 0.25) is 0 Å². The van der Waals surface area contributed by atoms with Gasteiger partial charge in [-0.05, 0) is 12.1 Å². The van der Waals surface area contributed by atoms with Crippen molar-refractivity contribution in [1.29, 1.82) is 0 Å². The van der Waals surface area contributed by atoms with Crippen LogP contribution in [-0.2, 0) is 6.42 Å². The zero-order chi connectivity index (χ0) is 13.1. The highest BCUT2D eigenvalue weighted by Gasteiger charge is 2.06. The molecule has 3 aromatic rings. The van der Waals surface area contributed by atoms with Crippen LogP contribution >= 0.6 is 0 Å². The van der Waals surface area contributed by atoms with Gasteiger partial charge in [-0.15, -0.1) is 0 Å². The molecular weight excluding hydrogens is 236 g/mol. The Morgan fingerprint density at radius 1 is 1.00 bits per heavy atom. The van der Waals surface area contributed by atoms with Gasteiger partial charge in [-0.3, -0.25) is 10.1 Å². The maximum absolute atomic E-state index is 4.47. The first-order chi connectivity index (χ1) is 9.36. The van der Waals surface area contributed by atoms with Gasteiger partial charge in [0.25, 0.3) is 0 Å². The molecule has 3 rings (SSSR count). The Hall–Kier alpha value is -2.49. The van der Waals surface area contributed by atoms with Crippen LogP contribution in [0.4, 0.5) is 0 Å². The van der Waals surface area contributed by atoms with Gasteiger partial charge in [0, 0.05) is 23.7 Å². The molecule has 0 spiro atoms. The van der Waals surface area contributed by atoms with E-state index in [4.69, 9.17) is 0 Å². The van der Waals surface area contributed by atoms with Crippen molar-refractivity contribution in [3.63, 3.8) is 0 Å². The summed E-state index contributed by atoms with van der Waals surface area (Å²) < 4.78 is 0. The second kappa shape index (κ2) is 5.02. The Morgan fingerprint density at radius 3 is 2.47 bits per heavy atom. The molecule has 0 fully saturated rings. The second-order valence-electron chi connectivity index (χ2n) is 4.26. The number of pyridine rings is 1. The van der Waals surface area contributed by atoms with Crippen molar-refractivity contribution in [2.24, 2.45) is 0 Å². The molecule has 0 saturated carbocycles. The molecular formula is C15H14N4. The number of hydrogen-bond donors (Lipinski definition) is 1. The van der Waals surface area contributed by atoms with E-state index in [9.17, 15) is 0 Å². The normalized spacial score (nSPS) is 10.6. The highest BCUT2D eigenvalue weighted by atomic mass is 15.2. The third-order valence-electron chi connectivity index (χ3n) is 2.96. The minimum atomic E-state index is 0.698. The Morgan fingerprint density at radius 2 is 1.84 bits per heavy atom. The molecule has 1 aromatic carbocycles. The van der Waals surface area contributed by atoms with E-state index in [1.165, 1.54) is 0 Å². The predicted molar refractivity (Wildman–Crippen MR) is 74.4 cm³/mol. The summed E-state index contributed by atoms with van der Waals surface area (Å²) >= 11 is 0. The first kappa shape index (κ1) is 11.6. The topological polar surface area (TPSA) is 54.5 Å². The van der Waals surface area contributed by atoms with Crippen LogP contribution in [0, 0.1) is 0 Å². The van der Waals surface area contributed by atoms with Crippen LogP contribution in [0.1, 0.15) is 12.7 Å². The van der Waals surface area contributed by atoms with Crippen molar-refractivity contribution in [2.75, 3.05) is 0 Å². The third-order valence-corrected chi connectivity index (χ3v) is 2.96. The van der Waals surface area contributed by atoms with E-state index in [2.05, 4.69) is 20.2 Å². The van der Waals surface area contributed by atoms with Crippen LogP contribution in [0.25, 0.3) is 22.6 Å². The average Bonchev–Trinajstić information content (AvgIpc) is 2.97. The van der Waals surface area contributed by atoms with Gasteiger partial charge < -0.3 is 0 Å². The van der Waals surface area contributed by atoms with Crippen LogP contribution in [-0.4, -0.2) is 20.2 Å². The van der Waals surface area contributed by atoms with Gasteiger partial charge in [-0.2, -0.15) is 5.10 Å². The fourth-order valence-corrected chi connectivity index (χ4v) is 1.89. The van der Waals surface area contributed by atoms with E-state index in [0.717, 1.165) is 29.1 Å². The molecule has 0 aliphatic rings. The molecule has 0 aliphatic carbocycles. The first-order valence-electron chi connectivity index (χ1n) is 6.30. The maximum atomic E-state index is 4.47. The number of aryl methyl sites for hydroxylation is 1. The molecule has 0 radical (unpaired) electrons. The number of nitrogens with one attached hydrogen (secondary N) is 1. The lowest BCUT2D eigenvalue weighted by Gasteiger charge is -2.01.